The molecule has 2 rings (SSSR count). The van der Waals surface area contributed by atoms with Gasteiger partial charge in [0.2, 0.25) is 0 Å². The number of hydrogen-bond acceptors (Lipinski definition) is 2. The van der Waals surface area contributed by atoms with Gasteiger partial charge in [0, 0.05) is 0 Å². The second-order valence-corrected chi connectivity index (χ2v) is 3.88. The van der Waals surface area contributed by atoms with Gasteiger partial charge < -0.3 is 9.47 Å². The first-order valence-corrected chi connectivity index (χ1v) is 5.84. The molecule has 0 aromatic heterocycles. The maximum atomic E-state index is 5.48. The van der Waals surface area contributed by atoms with E-state index in [1.165, 1.54) is 0 Å². The Morgan fingerprint density at radius 1 is 1.00 bits per heavy atom. The molecule has 18 heavy (non-hydrogen) atoms. The normalized spacial score (nSPS) is 10.5. The number of rotatable bonds is 5. The summed E-state index contributed by atoms with van der Waals surface area (Å²) in [6.07, 6.45) is 3.63. The van der Waals surface area contributed by atoms with Crippen LogP contribution in [0.5, 0.6) is 5.75 Å². The lowest BCUT2D eigenvalue weighted by molar-refractivity contribution is 0.239. The van der Waals surface area contributed by atoms with Crippen LogP contribution in [0.3, 0.4) is 0 Å². The third-order valence-corrected chi connectivity index (χ3v) is 2.54. The van der Waals surface area contributed by atoms with Crippen LogP contribution in [-0.4, -0.2) is 7.11 Å². The van der Waals surface area contributed by atoms with E-state index >= 15 is 0 Å². The molecule has 0 radical (unpaired) electrons. The molecular weight excluding hydrogens is 224 g/mol. The number of methoxy groups -OCH3 is 1. The van der Waals surface area contributed by atoms with Crippen LogP contribution in [0, 0.1) is 0 Å². The van der Waals surface area contributed by atoms with Gasteiger partial charge in [0.1, 0.15) is 12.4 Å². The Morgan fingerprint density at radius 3 is 2.61 bits per heavy atom. The molecule has 0 unspecified atom stereocenters. The van der Waals surface area contributed by atoms with E-state index in [9.17, 15) is 0 Å². The standard InChI is InChI=1S/C16H16O2/c1-17-16-9-5-8-14(12-16)10-11-18-13-15-6-3-2-4-7-15/h2-12H,13H2,1H3. The minimum absolute atomic E-state index is 0.585. The molecule has 2 aromatic rings. The number of ether oxygens (including phenoxy) is 2. The van der Waals surface area contributed by atoms with Crippen LogP contribution in [0.2, 0.25) is 0 Å². The lowest BCUT2D eigenvalue weighted by Gasteiger charge is -2.02. The van der Waals surface area contributed by atoms with Crippen LogP contribution in [0.1, 0.15) is 11.1 Å². The summed E-state index contributed by atoms with van der Waals surface area (Å²) in [6.45, 7) is 0.585. The summed E-state index contributed by atoms with van der Waals surface area (Å²) >= 11 is 0. The predicted molar refractivity (Wildman–Crippen MR) is 73.3 cm³/mol. The molecule has 0 atom stereocenters. The summed E-state index contributed by atoms with van der Waals surface area (Å²) in [5.74, 6) is 0.847. The summed E-state index contributed by atoms with van der Waals surface area (Å²) in [5.41, 5.74) is 2.22. The van der Waals surface area contributed by atoms with Gasteiger partial charge in [0.25, 0.3) is 0 Å². The van der Waals surface area contributed by atoms with Gasteiger partial charge in [-0.25, -0.2) is 0 Å². The summed E-state index contributed by atoms with van der Waals surface area (Å²) in [4.78, 5) is 0. The van der Waals surface area contributed by atoms with Crippen molar-refractivity contribution in [3.8, 4) is 5.75 Å². The van der Waals surface area contributed by atoms with Gasteiger partial charge >= 0.3 is 0 Å². The average molecular weight is 240 g/mol. The van der Waals surface area contributed by atoms with E-state index in [1.54, 1.807) is 13.4 Å². The van der Waals surface area contributed by atoms with Gasteiger partial charge in [-0.1, -0.05) is 42.5 Å². The summed E-state index contributed by atoms with van der Waals surface area (Å²) in [6, 6.07) is 17.9. The van der Waals surface area contributed by atoms with Crippen LogP contribution >= 0.6 is 0 Å². The van der Waals surface area contributed by atoms with Gasteiger partial charge in [-0.2, -0.15) is 0 Å². The quantitative estimate of drug-likeness (QED) is 0.738. The highest BCUT2D eigenvalue weighted by Crippen LogP contribution is 2.13. The van der Waals surface area contributed by atoms with E-state index in [-0.39, 0.29) is 0 Å². The molecule has 0 amide bonds. The molecule has 0 fully saturated rings. The molecule has 0 N–H and O–H groups in total. The summed E-state index contributed by atoms with van der Waals surface area (Å²) < 4.78 is 10.6. The molecule has 0 aliphatic heterocycles. The maximum Gasteiger partial charge on any atom is 0.119 e. The van der Waals surface area contributed by atoms with Crippen molar-refractivity contribution in [3.05, 3.63) is 72.0 Å². The molecule has 0 heterocycles. The lowest BCUT2D eigenvalue weighted by atomic mass is 10.2. The zero-order valence-corrected chi connectivity index (χ0v) is 10.4. The molecule has 0 saturated heterocycles. The van der Waals surface area contributed by atoms with Crippen molar-refractivity contribution in [2.24, 2.45) is 0 Å². The Labute approximate surface area is 107 Å². The monoisotopic (exact) mass is 240 g/mol. The summed E-state index contributed by atoms with van der Waals surface area (Å²) in [7, 11) is 1.66. The van der Waals surface area contributed by atoms with Gasteiger partial charge in [0.05, 0.1) is 13.4 Å². The Morgan fingerprint density at radius 2 is 1.83 bits per heavy atom. The van der Waals surface area contributed by atoms with Crippen molar-refractivity contribution >= 4 is 6.08 Å². The SMILES string of the molecule is COc1cccc(C=COCc2ccccc2)c1. The fourth-order valence-electron chi connectivity index (χ4n) is 1.59. The minimum Gasteiger partial charge on any atom is -0.497 e. The number of benzene rings is 2. The largest absolute Gasteiger partial charge is 0.497 e. The molecule has 2 nitrogen and oxygen atoms in total. The average Bonchev–Trinajstić information content (AvgIpc) is 2.45. The first-order valence-electron chi connectivity index (χ1n) is 5.84. The van der Waals surface area contributed by atoms with Crippen molar-refractivity contribution in [1.82, 2.24) is 0 Å². The smallest absolute Gasteiger partial charge is 0.119 e. The fraction of sp³-hybridized carbons (Fsp3) is 0.125. The minimum atomic E-state index is 0.585. The number of hydrogen-bond donors (Lipinski definition) is 0. The first-order chi connectivity index (χ1) is 8.88. The van der Waals surface area contributed by atoms with Crippen LogP contribution in [-0.2, 0) is 11.3 Å². The van der Waals surface area contributed by atoms with Crippen LogP contribution < -0.4 is 4.74 Å². The first kappa shape index (κ1) is 12.2. The molecular formula is C16H16O2. The zero-order valence-electron chi connectivity index (χ0n) is 10.4. The topological polar surface area (TPSA) is 18.5 Å². The molecule has 2 heteroatoms. The fourth-order valence-corrected chi connectivity index (χ4v) is 1.59. The highest BCUT2D eigenvalue weighted by molar-refractivity contribution is 5.50. The van der Waals surface area contributed by atoms with Crippen molar-refractivity contribution in [2.45, 2.75) is 6.61 Å². The van der Waals surface area contributed by atoms with Gasteiger partial charge in [0.15, 0.2) is 0 Å². The predicted octanol–water partition coefficient (Wildman–Crippen LogP) is 3.88. The van der Waals surface area contributed by atoms with E-state index in [1.807, 2.05) is 60.7 Å². The van der Waals surface area contributed by atoms with Crippen LogP contribution in [0.4, 0.5) is 0 Å². The Hall–Kier alpha value is -2.22. The van der Waals surface area contributed by atoms with Crippen molar-refractivity contribution < 1.29 is 9.47 Å². The van der Waals surface area contributed by atoms with Crippen molar-refractivity contribution in [3.63, 3.8) is 0 Å². The van der Waals surface area contributed by atoms with Crippen LogP contribution in [0.15, 0.2) is 60.9 Å². The third-order valence-electron chi connectivity index (χ3n) is 2.54. The van der Waals surface area contributed by atoms with Gasteiger partial charge in [-0.05, 0) is 29.3 Å². The van der Waals surface area contributed by atoms with Crippen molar-refractivity contribution in [2.75, 3.05) is 7.11 Å². The van der Waals surface area contributed by atoms with Crippen molar-refractivity contribution in [1.29, 1.82) is 0 Å². The maximum absolute atomic E-state index is 5.48. The highest BCUT2D eigenvalue weighted by Gasteiger charge is 1.92. The second-order valence-electron chi connectivity index (χ2n) is 3.88. The lowest BCUT2D eigenvalue weighted by Crippen LogP contribution is -1.85. The van der Waals surface area contributed by atoms with Gasteiger partial charge in [-0.15, -0.1) is 0 Å². The third kappa shape index (κ3) is 3.67. The molecule has 92 valence electrons. The molecule has 2 aromatic carbocycles. The molecule has 0 bridgehead atoms. The van der Waals surface area contributed by atoms with Crippen LogP contribution in [0.25, 0.3) is 6.08 Å². The molecule has 0 aliphatic carbocycles. The van der Waals surface area contributed by atoms with Gasteiger partial charge in [-0.3, -0.25) is 0 Å². The van der Waals surface area contributed by atoms with E-state index in [0.717, 1.165) is 16.9 Å². The molecule has 0 aliphatic rings. The summed E-state index contributed by atoms with van der Waals surface area (Å²) in [5, 5.41) is 0. The van der Waals surface area contributed by atoms with E-state index < -0.39 is 0 Å². The Kier molecular flexibility index (Phi) is 4.42. The Bertz CT molecular complexity index is 504. The molecule has 0 saturated carbocycles. The Balaban J connectivity index is 1.87. The molecule has 0 spiro atoms. The van der Waals surface area contributed by atoms with E-state index in [2.05, 4.69) is 0 Å². The van der Waals surface area contributed by atoms with E-state index in [4.69, 9.17) is 9.47 Å². The van der Waals surface area contributed by atoms with E-state index in [0.29, 0.717) is 6.61 Å². The highest BCUT2D eigenvalue weighted by atomic mass is 16.5. The second kappa shape index (κ2) is 6.50. The zero-order chi connectivity index (χ0) is 12.6.